The summed E-state index contributed by atoms with van der Waals surface area (Å²) in [5, 5.41) is 8.11. The molecule has 1 saturated heterocycles. The van der Waals surface area contributed by atoms with Gasteiger partial charge in [-0.05, 0) is 44.6 Å². The summed E-state index contributed by atoms with van der Waals surface area (Å²) in [6.07, 6.45) is 0. The lowest BCUT2D eigenvalue weighted by atomic mass is 10.1. The lowest BCUT2D eigenvalue weighted by molar-refractivity contribution is -0.131. The standard InChI is InChI=1S/C18H25N5O2/c1-13-5-6-15(9-14(13)2)10-22-7-8-23(12-17(22)24)18-20-19-16(25-18)11-21(3)4/h5-6,9H,7-8,10-12H2,1-4H3. The molecule has 0 unspecified atom stereocenters. The Labute approximate surface area is 148 Å². The average molecular weight is 343 g/mol. The Balaban J connectivity index is 1.61. The lowest BCUT2D eigenvalue weighted by Gasteiger charge is -2.33. The molecular weight excluding hydrogens is 318 g/mol. The molecule has 1 aromatic carbocycles. The van der Waals surface area contributed by atoms with Crippen molar-refractivity contribution in [3.8, 4) is 0 Å². The third-order valence-electron chi connectivity index (χ3n) is 4.44. The number of anilines is 1. The van der Waals surface area contributed by atoms with E-state index in [1.54, 1.807) is 0 Å². The van der Waals surface area contributed by atoms with Crippen molar-refractivity contribution >= 4 is 11.9 Å². The van der Waals surface area contributed by atoms with E-state index in [2.05, 4.69) is 42.2 Å². The first kappa shape index (κ1) is 17.4. The molecule has 1 amide bonds. The number of aryl methyl sites for hydroxylation is 2. The Hall–Kier alpha value is -2.41. The molecule has 0 aliphatic carbocycles. The highest BCUT2D eigenvalue weighted by Crippen LogP contribution is 2.18. The number of hydrogen-bond acceptors (Lipinski definition) is 6. The number of rotatable bonds is 5. The summed E-state index contributed by atoms with van der Waals surface area (Å²) in [5.41, 5.74) is 3.68. The predicted octanol–water partition coefficient (Wildman–Crippen LogP) is 1.60. The van der Waals surface area contributed by atoms with Crippen LogP contribution < -0.4 is 4.90 Å². The number of benzene rings is 1. The lowest BCUT2D eigenvalue weighted by Crippen LogP contribution is -2.50. The maximum absolute atomic E-state index is 12.5. The molecule has 0 N–H and O–H groups in total. The van der Waals surface area contributed by atoms with Gasteiger partial charge in [-0.15, -0.1) is 5.10 Å². The van der Waals surface area contributed by atoms with Crippen LogP contribution in [0.4, 0.5) is 6.01 Å². The van der Waals surface area contributed by atoms with Gasteiger partial charge < -0.3 is 19.1 Å². The quantitative estimate of drug-likeness (QED) is 0.821. The van der Waals surface area contributed by atoms with E-state index in [4.69, 9.17) is 4.42 Å². The molecule has 0 bridgehead atoms. The highest BCUT2D eigenvalue weighted by atomic mass is 16.4. The van der Waals surface area contributed by atoms with Crippen LogP contribution in [0.1, 0.15) is 22.6 Å². The van der Waals surface area contributed by atoms with Crippen molar-refractivity contribution in [1.29, 1.82) is 0 Å². The highest BCUT2D eigenvalue weighted by Gasteiger charge is 2.27. The van der Waals surface area contributed by atoms with Gasteiger partial charge in [-0.3, -0.25) is 4.79 Å². The zero-order chi connectivity index (χ0) is 18.0. The highest BCUT2D eigenvalue weighted by molar-refractivity contribution is 5.82. The Morgan fingerprint density at radius 1 is 1.16 bits per heavy atom. The van der Waals surface area contributed by atoms with E-state index in [1.807, 2.05) is 28.8 Å². The summed E-state index contributed by atoms with van der Waals surface area (Å²) < 4.78 is 5.66. The maximum atomic E-state index is 12.5. The number of nitrogens with zero attached hydrogens (tertiary/aromatic N) is 5. The van der Waals surface area contributed by atoms with Gasteiger partial charge in [-0.1, -0.05) is 23.3 Å². The summed E-state index contributed by atoms with van der Waals surface area (Å²) in [4.78, 5) is 18.2. The fourth-order valence-electron chi connectivity index (χ4n) is 2.87. The molecule has 7 heteroatoms. The first-order valence-electron chi connectivity index (χ1n) is 8.48. The fraction of sp³-hybridized carbons (Fsp3) is 0.500. The molecule has 0 spiro atoms. The zero-order valence-electron chi connectivity index (χ0n) is 15.3. The van der Waals surface area contributed by atoms with Gasteiger partial charge in [-0.2, -0.15) is 0 Å². The Bertz CT molecular complexity index is 756. The summed E-state index contributed by atoms with van der Waals surface area (Å²) in [5.74, 6) is 0.641. The minimum Gasteiger partial charge on any atom is -0.407 e. The molecule has 2 heterocycles. The second-order valence-corrected chi connectivity index (χ2v) is 6.87. The molecule has 2 aromatic rings. The predicted molar refractivity (Wildman–Crippen MR) is 95.2 cm³/mol. The molecular formula is C18H25N5O2. The molecule has 7 nitrogen and oxygen atoms in total. The summed E-state index contributed by atoms with van der Waals surface area (Å²) in [6, 6.07) is 6.78. The monoisotopic (exact) mass is 343 g/mol. The third kappa shape index (κ3) is 4.17. The maximum Gasteiger partial charge on any atom is 0.318 e. The van der Waals surface area contributed by atoms with Crippen molar-refractivity contribution in [2.24, 2.45) is 0 Å². The van der Waals surface area contributed by atoms with Gasteiger partial charge >= 0.3 is 6.01 Å². The first-order valence-corrected chi connectivity index (χ1v) is 8.48. The Morgan fingerprint density at radius 2 is 1.96 bits per heavy atom. The van der Waals surface area contributed by atoms with Crippen LogP contribution in [0.15, 0.2) is 22.6 Å². The minimum atomic E-state index is 0.0804. The second-order valence-electron chi connectivity index (χ2n) is 6.87. The van der Waals surface area contributed by atoms with E-state index >= 15 is 0 Å². The van der Waals surface area contributed by atoms with E-state index < -0.39 is 0 Å². The zero-order valence-corrected chi connectivity index (χ0v) is 15.3. The normalized spacial score (nSPS) is 15.3. The molecule has 0 saturated carbocycles. The molecule has 0 radical (unpaired) electrons. The summed E-state index contributed by atoms with van der Waals surface area (Å²) in [6.45, 7) is 7.04. The van der Waals surface area contributed by atoms with E-state index in [-0.39, 0.29) is 12.5 Å². The first-order chi connectivity index (χ1) is 11.9. The van der Waals surface area contributed by atoms with Gasteiger partial charge in [0.05, 0.1) is 6.54 Å². The minimum absolute atomic E-state index is 0.0804. The molecule has 1 aliphatic rings. The van der Waals surface area contributed by atoms with Crippen LogP contribution in [0.3, 0.4) is 0 Å². The van der Waals surface area contributed by atoms with Gasteiger partial charge in [0.2, 0.25) is 11.8 Å². The number of amides is 1. The van der Waals surface area contributed by atoms with Crippen molar-refractivity contribution in [2.45, 2.75) is 26.9 Å². The van der Waals surface area contributed by atoms with Gasteiger partial charge in [-0.25, -0.2) is 0 Å². The van der Waals surface area contributed by atoms with Crippen molar-refractivity contribution in [3.63, 3.8) is 0 Å². The van der Waals surface area contributed by atoms with Crippen LogP contribution in [0.2, 0.25) is 0 Å². The van der Waals surface area contributed by atoms with Gasteiger partial charge in [0.25, 0.3) is 0 Å². The summed E-state index contributed by atoms with van der Waals surface area (Å²) in [7, 11) is 3.89. The van der Waals surface area contributed by atoms with Crippen LogP contribution in [0, 0.1) is 13.8 Å². The topological polar surface area (TPSA) is 65.7 Å². The van der Waals surface area contributed by atoms with Crippen LogP contribution in [0.25, 0.3) is 0 Å². The Kier molecular flexibility index (Phi) is 5.03. The van der Waals surface area contributed by atoms with Crippen molar-refractivity contribution in [3.05, 3.63) is 40.8 Å². The molecule has 1 fully saturated rings. The van der Waals surface area contributed by atoms with Crippen LogP contribution in [-0.2, 0) is 17.9 Å². The van der Waals surface area contributed by atoms with Gasteiger partial charge in [0.15, 0.2) is 0 Å². The van der Waals surface area contributed by atoms with Gasteiger partial charge in [0, 0.05) is 19.6 Å². The SMILES string of the molecule is Cc1ccc(CN2CCN(c3nnc(CN(C)C)o3)CC2=O)cc1C. The molecule has 134 valence electrons. The molecule has 0 atom stereocenters. The van der Waals surface area contributed by atoms with E-state index in [0.29, 0.717) is 38.1 Å². The van der Waals surface area contributed by atoms with E-state index in [0.717, 1.165) is 5.56 Å². The van der Waals surface area contributed by atoms with Crippen molar-refractivity contribution < 1.29 is 9.21 Å². The van der Waals surface area contributed by atoms with Crippen LogP contribution >= 0.6 is 0 Å². The number of aromatic nitrogens is 2. The van der Waals surface area contributed by atoms with E-state index in [9.17, 15) is 4.79 Å². The molecule has 25 heavy (non-hydrogen) atoms. The third-order valence-corrected chi connectivity index (χ3v) is 4.44. The molecule has 1 aromatic heterocycles. The number of piperazine rings is 1. The van der Waals surface area contributed by atoms with Crippen LogP contribution in [-0.4, -0.2) is 59.6 Å². The molecule has 1 aliphatic heterocycles. The van der Waals surface area contributed by atoms with Crippen molar-refractivity contribution in [2.75, 3.05) is 38.6 Å². The molecule has 3 rings (SSSR count). The number of hydrogen-bond donors (Lipinski definition) is 0. The van der Waals surface area contributed by atoms with E-state index in [1.165, 1.54) is 11.1 Å². The largest absolute Gasteiger partial charge is 0.407 e. The number of carbonyl (C=O) groups is 1. The summed E-state index contributed by atoms with van der Waals surface area (Å²) >= 11 is 0. The smallest absolute Gasteiger partial charge is 0.318 e. The Morgan fingerprint density at radius 3 is 2.64 bits per heavy atom. The van der Waals surface area contributed by atoms with Crippen LogP contribution in [0.5, 0.6) is 0 Å². The number of carbonyl (C=O) groups excluding carboxylic acids is 1. The second kappa shape index (κ2) is 7.23. The fourth-order valence-corrected chi connectivity index (χ4v) is 2.87. The van der Waals surface area contributed by atoms with Gasteiger partial charge in [0.1, 0.15) is 6.54 Å². The average Bonchev–Trinajstić information content (AvgIpc) is 3.00. The van der Waals surface area contributed by atoms with Crippen molar-refractivity contribution in [1.82, 2.24) is 20.0 Å².